The second kappa shape index (κ2) is 8.03. The molecule has 0 amide bonds. The average molecular weight is 277 g/mol. The Bertz CT molecular complexity index is 398. The molecule has 0 aliphatic heterocycles. The Morgan fingerprint density at radius 2 is 1.90 bits per heavy atom. The van der Waals surface area contributed by atoms with E-state index >= 15 is 0 Å². The van der Waals surface area contributed by atoms with Gasteiger partial charge in [0.1, 0.15) is 11.5 Å². The Kier molecular flexibility index (Phi) is 6.03. The van der Waals surface area contributed by atoms with Gasteiger partial charge in [-0.05, 0) is 30.9 Å². The predicted octanol–water partition coefficient (Wildman–Crippen LogP) is 4.41. The molecule has 0 aromatic heterocycles. The van der Waals surface area contributed by atoms with Gasteiger partial charge in [-0.2, -0.15) is 0 Å². The van der Waals surface area contributed by atoms with Crippen LogP contribution in [0.2, 0.25) is 0 Å². The molecular weight excluding hydrogens is 250 g/mol. The van der Waals surface area contributed by atoms with Gasteiger partial charge in [0.2, 0.25) is 0 Å². The third kappa shape index (κ3) is 4.62. The Morgan fingerprint density at radius 3 is 2.60 bits per heavy atom. The zero-order chi connectivity index (χ0) is 14.2. The first-order valence-corrected chi connectivity index (χ1v) is 7.86. The lowest BCUT2D eigenvalue weighted by molar-refractivity contribution is 0.284. The number of nitrogen functional groups attached to an aromatic ring is 1. The van der Waals surface area contributed by atoms with Crippen molar-refractivity contribution in [3.8, 4) is 11.5 Å². The summed E-state index contributed by atoms with van der Waals surface area (Å²) in [6.45, 7) is 0.781. The van der Waals surface area contributed by atoms with Crippen molar-refractivity contribution in [1.82, 2.24) is 0 Å². The Hall–Kier alpha value is -1.38. The number of hydrogen-bond acceptors (Lipinski definition) is 3. The van der Waals surface area contributed by atoms with Gasteiger partial charge in [-0.25, -0.2) is 0 Å². The van der Waals surface area contributed by atoms with E-state index in [9.17, 15) is 0 Å². The minimum atomic E-state index is 0.651. The highest BCUT2D eigenvalue weighted by Gasteiger charge is 2.11. The maximum atomic E-state index is 5.79. The minimum absolute atomic E-state index is 0.651. The molecule has 0 bridgehead atoms. The molecule has 1 aromatic rings. The molecule has 1 aliphatic rings. The van der Waals surface area contributed by atoms with E-state index < -0.39 is 0 Å². The second-order valence-electron chi connectivity index (χ2n) is 5.75. The molecule has 0 heterocycles. The quantitative estimate of drug-likeness (QED) is 0.476. The molecule has 0 radical (unpaired) electrons. The van der Waals surface area contributed by atoms with Crippen molar-refractivity contribution in [3.63, 3.8) is 0 Å². The molecule has 2 N–H and O–H groups in total. The van der Waals surface area contributed by atoms with Gasteiger partial charge in [0, 0.05) is 6.07 Å². The molecule has 0 unspecified atom stereocenters. The van der Waals surface area contributed by atoms with Crippen molar-refractivity contribution in [3.05, 3.63) is 18.2 Å². The summed E-state index contributed by atoms with van der Waals surface area (Å²) in [4.78, 5) is 0. The van der Waals surface area contributed by atoms with Crippen LogP contribution in [-0.4, -0.2) is 13.7 Å². The van der Waals surface area contributed by atoms with Crippen LogP contribution in [0.1, 0.15) is 51.4 Å². The van der Waals surface area contributed by atoms with Crippen LogP contribution in [0.4, 0.5) is 5.69 Å². The summed E-state index contributed by atoms with van der Waals surface area (Å²) in [5.74, 6) is 2.45. The Labute approximate surface area is 122 Å². The zero-order valence-electron chi connectivity index (χ0n) is 12.6. The molecule has 1 aliphatic carbocycles. The SMILES string of the molecule is COc1cc(OCCCC2CCCCCC2)ccc1N. The van der Waals surface area contributed by atoms with Gasteiger partial charge in [-0.15, -0.1) is 0 Å². The van der Waals surface area contributed by atoms with Crippen LogP contribution >= 0.6 is 0 Å². The number of hydrogen-bond donors (Lipinski definition) is 1. The van der Waals surface area contributed by atoms with Gasteiger partial charge in [0.15, 0.2) is 0 Å². The number of ether oxygens (including phenoxy) is 2. The maximum Gasteiger partial charge on any atom is 0.145 e. The van der Waals surface area contributed by atoms with Gasteiger partial charge in [0.25, 0.3) is 0 Å². The third-order valence-electron chi connectivity index (χ3n) is 4.21. The lowest BCUT2D eigenvalue weighted by Gasteiger charge is -2.14. The van der Waals surface area contributed by atoms with Crippen LogP contribution in [0.15, 0.2) is 18.2 Å². The van der Waals surface area contributed by atoms with Crippen molar-refractivity contribution in [2.24, 2.45) is 5.92 Å². The highest BCUT2D eigenvalue weighted by Crippen LogP contribution is 2.28. The minimum Gasteiger partial charge on any atom is -0.494 e. The number of anilines is 1. The van der Waals surface area contributed by atoms with Crippen LogP contribution in [0.5, 0.6) is 11.5 Å². The summed E-state index contributed by atoms with van der Waals surface area (Å²) >= 11 is 0. The van der Waals surface area contributed by atoms with Crippen molar-refractivity contribution < 1.29 is 9.47 Å². The molecule has 0 atom stereocenters. The summed E-state index contributed by atoms with van der Waals surface area (Å²) in [6, 6.07) is 5.60. The smallest absolute Gasteiger partial charge is 0.145 e. The first-order valence-electron chi connectivity index (χ1n) is 7.86. The maximum absolute atomic E-state index is 5.79. The zero-order valence-corrected chi connectivity index (χ0v) is 12.6. The first kappa shape index (κ1) is 15.0. The fourth-order valence-corrected chi connectivity index (χ4v) is 3.00. The van der Waals surface area contributed by atoms with Crippen LogP contribution in [0, 0.1) is 5.92 Å². The Balaban J connectivity index is 1.70. The number of nitrogens with two attached hydrogens (primary N) is 1. The highest BCUT2D eigenvalue weighted by molar-refractivity contribution is 5.55. The largest absolute Gasteiger partial charge is 0.494 e. The van der Waals surface area contributed by atoms with Crippen LogP contribution in [0.25, 0.3) is 0 Å². The van der Waals surface area contributed by atoms with Crippen molar-refractivity contribution in [2.75, 3.05) is 19.5 Å². The lowest BCUT2D eigenvalue weighted by atomic mass is 9.95. The van der Waals surface area contributed by atoms with Crippen molar-refractivity contribution >= 4 is 5.69 Å². The van der Waals surface area contributed by atoms with Crippen LogP contribution in [0.3, 0.4) is 0 Å². The van der Waals surface area contributed by atoms with Gasteiger partial charge < -0.3 is 15.2 Å². The van der Waals surface area contributed by atoms with E-state index in [0.717, 1.165) is 24.7 Å². The molecule has 2 rings (SSSR count). The van der Waals surface area contributed by atoms with E-state index in [1.807, 2.05) is 18.2 Å². The van der Waals surface area contributed by atoms with Crippen molar-refractivity contribution in [1.29, 1.82) is 0 Å². The van der Waals surface area contributed by atoms with E-state index in [2.05, 4.69) is 0 Å². The molecule has 0 spiro atoms. The Morgan fingerprint density at radius 1 is 1.15 bits per heavy atom. The van der Waals surface area contributed by atoms with Crippen LogP contribution in [-0.2, 0) is 0 Å². The van der Waals surface area contributed by atoms with Crippen molar-refractivity contribution in [2.45, 2.75) is 51.4 Å². The molecule has 3 heteroatoms. The normalized spacial score (nSPS) is 16.6. The third-order valence-corrected chi connectivity index (χ3v) is 4.21. The van der Waals surface area contributed by atoms with Gasteiger partial charge in [-0.3, -0.25) is 0 Å². The van der Waals surface area contributed by atoms with Gasteiger partial charge in [0.05, 0.1) is 19.4 Å². The predicted molar refractivity (Wildman–Crippen MR) is 83.3 cm³/mol. The molecular formula is C17H27NO2. The molecule has 1 saturated carbocycles. The molecule has 112 valence electrons. The number of benzene rings is 1. The fourth-order valence-electron chi connectivity index (χ4n) is 3.00. The van der Waals surface area contributed by atoms with E-state index in [0.29, 0.717) is 11.4 Å². The van der Waals surface area contributed by atoms with E-state index in [4.69, 9.17) is 15.2 Å². The van der Waals surface area contributed by atoms with Gasteiger partial charge in [-0.1, -0.05) is 38.5 Å². The molecule has 0 saturated heterocycles. The topological polar surface area (TPSA) is 44.5 Å². The van der Waals surface area contributed by atoms with Gasteiger partial charge >= 0.3 is 0 Å². The second-order valence-corrected chi connectivity index (χ2v) is 5.75. The standard InChI is InChI=1S/C17H27NO2/c1-19-17-13-15(10-11-16(17)18)20-12-6-9-14-7-4-2-3-5-8-14/h10-11,13-14H,2-9,12,18H2,1H3. The summed E-state index contributed by atoms with van der Waals surface area (Å²) in [5.41, 5.74) is 6.44. The summed E-state index contributed by atoms with van der Waals surface area (Å²) in [5, 5.41) is 0. The molecule has 3 nitrogen and oxygen atoms in total. The number of methoxy groups -OCH3 is 1. The molecule has 1 aromatic carbocycles. The highest BCUT2D eigenvalue weighted by atomic mass is 16.5. The van der Waals surface area contributed by atoms with E-state index in [1.165, 1.54) is 44.9 Å². The lowest BCUT2D eigenvalue weighted by Crippen LogP contribution is -2.04. The van der Waals surface area contributed by atoms with Crippen LogP contribution < -0.4 is 15.2 Å². The number of rotatable bonds is 6. The average Bonchev–Trinajstić information content (AvgIpc) is 2.74. The summed E-state index contributed by atoms with van der Waals surface area (Å²) in [6.07, 6.45) is 11.0. The molecule has 1 fully saturated rings. The van der Waals surface area contributed by atoms with E-state index in [-0.39, 0.29) is 0 Å². The monoisotopic (exact) mass is 277 g/mol. The summed E-state index contributed by atoms with van der Waals surface area (Å²) in [7, 11) is 1.63. The summed E-state index contributed by atoms with van der Waals surface area (Å²) < 4.78 is 11.0. The first-order chi connectivity index (χ1) is 9.79. The fraction of sp³-hybridized carbons (Fsp3) is 0.647. The van der Waals surface area contributed by atoms with E-state index in [1.54, 1.807) is 7.11 Å². The molecule has 20 heavy (non-hydrogen) atoms.